The normalized spacial score (nSPS) is 10.6. The molecule has 0 saturated heterocycles. The number of nitrogens with one attached hydrogen (secondary N) is 1. The van der Waals surface area contributed by atoms with E-state index < -0.39 is 10.8 Å². The van der Waals surface area contributed by atoms with E-state index in [9.17, 15) is 20.2 Å². The lowest BCUT2D eigenvalue weighted by atomic mass is 10.1. The highest BCUT2D eigenvalue weighted by atomic mass is 16.6. The smallest absolute Gasteiger partial charge is 0.270 e. The van der Waals surface area contributed by atoms with Gasteiger partial charge in [0.05, 0.1) is 28.6 Å². The highest BCUT2D eigenvalue weighted by Gasteiger charge is 2.20. The minimum Gasteiger partial charge on any atom is -0.496 e. The lowest BCUT2D eigenvalue weighted by molar-refractivity contribution is -0.384. The topological polar surface area (TPSA) is 135 Å². The number of rotatable bonds is 4. The molecular formula is C19H12N6O4. The molecule has 0 aliphatic rings. The number of methoxy groups -OCH3 is 1. The van der Waals surface area contributed by atoms with E-state index >= 15 is 0 Å². The summed E-state index contributed by atoms with van der Waals surface area (Å²) < 4.78 is 6.77. The van der Waals surface area contributed by atoms with Crippen LogP contribution in [-0.2, 0) is 0 Å². The number of nitro benzene ring substituents is 1. The molecular weight excluding hydrogens is 376 g/mol. The predicted octanol–water partition coefficient (Wildman–Crippen LogP) is 2.92. The van der Waals surface area contributed by atoms with Gasteiger partial charge in [0.25, 0.3) is 11.6 Å². The Morgan fingerprint density at radius 1 is 1.28 bits per heavy atom. The fourth-order valence-electron chi connectivity index (χ4n) is 2.93. The number of hydrogen-bond acceptors (Lipinski definition) is 7. The number of nitrogens with zero attached hydrogens (tertiary/aromatic N) is 5. The van der Waals surface area contributed by atoms with Gasteiger partial charge in [0.1, 0.15) is 17.4 Å². The first kappa shape index (κ1) is 17.9. The highest BCUT2D eigenvalue weighted by molar-refractivity contribution is 6.06. The second-order valence-corrected chi connectivity index (χ2v) is 5.98. The number of anilines is 1. The molecule has 142 valence electrons. The van der Waals surface area contributed by atoms with Crippen molar-refractivity contribution in [3.8, 4) is 11.8 Å². The number of nitriles is 1. The van der Waals surface area contributed by atoms with Gasteiger partial charge >= 0.3 is 0 Å². The molecule has 2 aromatic carbocycles. The van der Waals surface area contributed by atoms with Gasteiger partial charge in [0, 0.05) is 18.3 Å². The molecule has 0 unspecified atom stereocenters. The number of benzene rings is 2. The molecule has 0 aliphatic heterocycles. The summed E-state index contributed by atoms with van der Waals surface area (Å²) >= 11 is 0. The van der Waals surface area contributed by atoms with Crippen LogP contribution >= 0.6 is 0 Å². The van der Waals surface area contributed by atoms with Crippen molar-refractivity contribution in [2.75, 3.05) is 12.4 Å². The standard InChI is InChI=1S/C19H12N6O4/c1-29-16-7-6-12(25(27)28)8-13(16)18(26)22-17-11(9-20)10-24-15-5-3-2-4-14(15)21-19(24)23-17/h2-8,10H,1H3,(H,21,22,23,26). The molecule has 2 heterocycles. The molecule has 1 N–H and O–H groups in total. The number of aromatic nitrogens is 3. The van der Waals surface area contributed by atoms with Crippen molar-refractivity contribution in [3.63, 3.8) is 0 Å². The number of carbonyl (C=O) groups excluding carboxylic acids is 1. The molecule has 29 heavy (non-hydrogen) atoms. The number of ether oxygens (including phenoxy) is 1. The van der Waals surface area contributed by atoms with E-state index in [2.05, 4.69) is 15.3 Å². The Bertz CT molecular complexity index is 1340. The summed E-state index contributed by atoms with van der Waals surface area (Å²) in [6.45, 7) is 0. The first-order valence-electron chi connectivity index (χ1n) is 8.33. The Balaban J connectivity index is 1.79. The van der Waals surface area contributed by atoms with Crippen LogP contribution in [0.1, 0.15) is 15.9 Å². The van der Waals surface area contributed by atoms with E-state index in [-0.39, 0.29) is 28.4 Å². The summed E-state index contributed by atoms with van der Waals surface area (Å²) in [5.41, 5.74) is 1.25. The lowest BCUT2D eigenvalue weighted by Crippen LogP contribution is -2.16. The summed E-state index contributed by atoms with van der Waals surface area (Å²) in [5, 5.41) is 23.1. The van der Waals surface area contributed by atoms with Crippen molar-refractivity contribution >= 4 is 34.2 Å². The van der Waals surface area contributed by atoms with E-state index in [4.69, 9.17) is 4.74 Å². The van der Waals surface area contributed by atoms with Crippen molar-refractivity contribution in [3.05, 3.63) is 69.9 Å². The molecule has 0 bridgehead atoms. The lowest BCUT2D eigenvalue weighted by Gasteiger charge is -2.10. The molecule has 0 aliphatic carbocycles. The SMILES string of the molecule is COc1ccc([N+](=O)[O-])cc1C(=O)Nc1nc2nc3ccccc3n2cc1C#N. The fraction of sp³-hybridized carbons (Fsp3) is 0.0526. The number of hydrogen-bond donors (Lipinski definition) is 1. The van der Waals surface area contributed by atoms with Crippen LogP contribution in [0.4, 0.5) is 11.5 Å². The molecule has 0 fully saturated rings. The zero-order valence-electron chi connectivity index (χ0n) is 15.0. The van der Waals surface area contributed by atoms with Crippen molar-refractivity contribution < 1.29 is 14.5 Å². The Morgan fingerprint density at radius 2 is 2.07 bits per heavy atom. The fourth-order valence-corrected chi connectivity index (χ4v) is 2.93. The minimum atomic E-state index is -0.699. The number of para-hydroxylation sites is 2. The maximum absolute atomic E-state index is 12.8. The van der Waals surface area contributed by atoms with Gasteiger partial charge in [-0.15, -0.1) is 0 Å². The Hall–Kier alpha value is -4.52. The van der Waals surface area contributed by atoms with Gasteiger partial charge in [-0.2, -0.15) is 10.2 Å². The van der Waals surface area contributed by atoms with Crippen molar-refractivity contribution in [2.24, 2.45) is 0 Å². The molecule has 0 atom stereocenters. The average Bonchev–Trinajstić information content (AvgIpc) is 3.09. The third-order valence-electron chi connectivity index (χ3n) is 4.29. The van der Waals surface area contributed by atoms with Crippen LogP contribution in [0.5, 0.6) is 5.75 Å². The van der Waals surface area contributed by atoms with Gasteiger partial charge in [0.2, 0.25) is 5.78 Å². The summed E-state index contributed by atoms with van der Waals surface area (Å²) in [5.74, 6) is -0.255. The number of non-ortho nitro benzene ring substituents is 1. The summed E-state index contributed by atoms with van der Waals surface area (Å²) in [6, 6.07) is 13.0. The molecule has 1 amide bonds. The Labute approximate surface area is 163 Å². The molecule has 10 heteroatoms. The van der Waals surface area contributed by atoms with Gasteiger partial charge in [-0.25, -0.2) is 4.98 Å². The third-order valence-corrected chi connectivity index (χ3v) is 4.29. The Kier molecular flexibility index (Phi) is 4.25. The second kappa shape index (κ2) is 6.90. The van der Waals surface area contributed by atoms with Crippen molar-refractivity contribution in [1.29, 1.82) is 5.26 Å². The second-order valence-electron chi connectivity index (χ2n) is 5.98. The first-order valence-corrected chi connectivity index (χ1v) is 8.33. The zero-order valence-corrected chi connectivity index (χ0v) is 15.0. The van der Waals surface area contributed by atoms with Crippen LogP contribution in [0.3, 0.4) is 0 Å². The molecule has 4 rings (SSSR count). The Morgan fingerprint density at radius 3 is 2.79 bits per heavy atom. The maximum atomic E-state index is 12.8. The van der Waals surface area contributed by atoms with Crippen LogP contribution in [0.15, 0.2) is 48.7 Å². The molecule has 2 aromatic heterocycles. The number of amides is 1. The van der Waals surface area contributed by atoms with Gasteiger partial charge in [-0.3, -0.25) is 19.3 Å². The molecule has 0 spiro atoms. The van der Waals surface area contributed by atoms with E-state index in [1.807, 2.05) is 30.3 Å². The quantitative estimate of drug-likeness (QED) is 0.419. The predicted molar refractivity (Wildman–Crippen MR) is 103 cm³/mol. The molecule has 0 radical (unpaired) electrons. The largest absolute Gasteiger partial charge is 0.496 e. The third kappa shape index (κ3) is 3.06. The van der Waals surface area contributed by atoms with Gasteiger partial charge in [-0.05, 0) is 18.2 Å². The van der Waals surface area contributed by atoms with Crippen LogP contribution in [0.2, 0.25) is 0 Å². The number of carbonyl (C=O) groups is 1. The van der Waals surface area contributed by atoms with E-state index in [0.29, 0.717) is 11.3 Å². The summed E-state index contributed by atoms with van der Waals surface area (Å²) in [4.78, 5) is 31.8. The van der Waals surface area contributed by atoms with Crippen molar-refractivity contribution in [2.45, 2.75) is 0 Å². The first-order chi connectivity index (χ1) is 14.0. The number of imidazole rings is 1. The van der Waals surface area contributed by atoms with E-state index in [1.165, 1.54) is 25.4 Å². The minimum absolute atomic E-state index is 0.00568. The molecule has 10 nitrogen and oxygen atoms in total. The molecule has 4 aromatic rings. The number of fused-ring (bicyclic) bond motifs is 3. The van der Waals surface area contributed by atoms with Gasteiger partial charge < -0.3 is 10.1 Å². The van der Waals surface area contributed by atoms with Crippen LogP contribution in [0, 0.1) is 21.4 Å². The summed E-state index contributed by atoms with van der Waals surface area (Å²) in [7, 11) is 1.35. The van der Waals surface area contributed by atoms with E-state index in [0.717, 1.165) is 11.6 Å². The average molecular weight is 388 g/mol. The van der Waals surface area contributed by atoms with Gasteiger partial charge in [-0.1, -0.05) is 12.1 Å². The maximum Gasteiger partial charge on any atom is 0.270 e. The van der Waals surface area contributed by atoms with Crippen LogP contribution < -0.4 is 10.1 Å². The van der Waals surface area contributed by atoms with Crippen LogP contribution in [-0.4, -0.2) is 32.3 Å². The molecule has 0 saturated carbocycles. The van der Waals surface area contributed by atoms with E-state index in [1.54, 1.807) is 4.40 Å². The zero-order chi connectivity index (χ0) is 20.5. The van der Waals surface area contributed by atoms with Crippen molar-refractivity contribution in [1.82, 2.24) is 14.4 Å². The highest BCUT2D eigenvalue weighted by Crippen LogP contribution is 2.26. The summed E-state index contributed by atoms with van der Waals surface area (Å²) in [6.07, 6.45) is 1.53. The number of nitro groups is 1. The monoisotopic (exact) mass is 388 g/mol. The van der Waals surface area contributed by atoms with Gasteiger partial charge in [0.15, 0.2) is 5.82 Å². The van der Waals surface area contributed by atoms with Crippen LogP contribution in [0.25, 0.3) is 16.8 Å².